The molecule has 0 radical (unpaired) electrons. The zero-order valence-corrected chi connectivity index (χ0v) is 25.9. The summed E-state index contributed by atoms with van der Waals surface area (Å²) in [5.74, 6) is -0.661. The molecule has 0 saturated carbocycles. The van der Waals surface area contributed by atoms with Crippen LogP contribution in [-0.2, 0) is 30.3 Å². The zero-order chi connectivity index (χ0) is 31.6. The van der Waals surface area contributed by atoms with Crippen LogP contribution in [0.5, 0.6) is 0 Å². The minimum Gasteiger partial charge on any atom is -0.460 e. The minimum atomic E-state index is -1.01. The van der Waals surface area contributed by atoms with E-state index < -0.39 is 29.7 Å². The molecular weight excluding hydrogens is 554 g/mol. The lowest BCUT2D eigenvalue weighted by atomic mass is 10.1. The monoisotopic (exact) mass is 597 g/mol. The average Bonchev–Trinajstić information content (AvgIpc) is 2.94. The third-order valence-electron chi connectivity index (χ3n) is 6.34. The molecule has 12 heteroatoms. The fourth-order valence-corrected chi connectivity index (χ4v) is 4.47. The van der Waals surface area contributed by atoms with Crippen molar-refractivity contribution in [3.05, 3.63) is 47.8 Å². The smallest absolute Gasteiger partial charge is 0.460 e. The number of aromatic nitrogens is 2. The van der Waals surface area contributed by atoms with Gasteiger partial charge in [-0.3, -0.25) is 14.4 Å². The Labute approximate surface area is 253 Å². The third kappa shape index (κ3) is 10.9. The Balaban J connectivity index is 1.80. The molecule has 2 amide bonds. The van der Waals surface area contributed by atoms with E-state index in [0.717, 1.165) is 5.56 Å². The van der Waals surface area contributed by atoms with Gasteiger partial charge in [-0.15, -0.1) is 5.06 Å². The average molecular weight is 598 g/mol. The maximum atomic E-state index is 13.7. The van der Waals surface area contributed by atoms with Gasteiger partial charge in [-0.05, 0) is 52.5 Å². The lowest BCUT2D eigenvalue weighted by Gasteiger charge is -2.35. The predicted molar refractivity (Wildman–Crippen MR) is 159 cm³/mol. The molecule has 1 aromatic heterocycles. The van der Waals surface area contributed by atoms with Crippen LogP contribution >= 0.6 is 0 Å². The second-order valence-electron chi connectivity index (χ2n) is 11.7. The molecule has 0 spiro atoms. The highest BCUT2D eigenvalue weighted by atomic mass is 16.8. The van der Waals surface area contributed by atoms with Crippen LogP contribution in [0.1, 0.15) is 70.6 Å². The number of piperazine rings is 1. The van der Waals surface area contributed by atoms with Crippen LogP contribution in [0.25, 0.3) is 11.4 Å². The second-order valence-corrected chi connectivity index (χ2v) is 11.7. The van der Waals surface area contributed by atoms with Crippen molar-refractivity contribution in [1.82, 2.24) is 25.2 Å². The van der Waals surface area contributed by atoms with Gasteiger partial charge in [-0.25, -0.2) is 14.8 Å². The first-order valence-electron chi connectivity index (χ1n) is 14.7. The van der Waals surface area contributed by atoms with Gasteiger partial charge in [0.25, 0.3) is 5.91 Å². The zero-order valence-electron chi connectivity index (χ0n) is 25.9. The second kappa shape index (κ2) is 15.4. The minimum absolute atomic E-state index is 0.0362. The first-order valence-corrected chi connectivity index (χ1v) is 14.7. The largest absolute Gasteiger partial charge is 0.527 e. The molecule has 1 aliphatic heterocycles. The fraction of sp³-hybridized carbons (Fsp3) is 0.548. The van der Waals surface area contributed by atoms with E-state index in [1.54, 1.807) is 38.7 Å². The molecule has 3 rings (SSSR count). The Morgan fingerprint density at radius 3 is 2.28 bits per heavy atom. The van der Waals surface area contributed by atoms with Crippen molar-refractivity contribution in [2.24, 2.45) is 5.92 Å². The van der Waals surface area contributed by atoms with Crippen LogP contribution < -0.4 is 5.32 Å². The van der Waals surface area contributed by atoms with Crippen LogP contribution in [0.2, 0.25) is 0 Å². The van der Waals surface area contributed by atoms with Gasteiger partial charge in [-0.2, -0.15) is 0 Å². The molecule has 1 saturated heterocycles. The van der Waals surface area contributed by atoms with Crippen LogP contribution in [0, 0.1) is 5.92 Å². The Bertz CT molecular complexity index is 1250. The van der Waals surface area contributed by atoms with Crippen LogP contribution in [0.3, 0.4) is 0 Å². The van der Waals surface area contributed by atoms with Crippen molar-refractivity contribution in [1.29, 1.82) is 0 Å². The fourth-order valence-electron chi connectivity index (χ4n) is 4.47. The van der Waals surface area contributed by atoms with Gasteiger partial charge in [0.2, 0.25) is 5.91 Å². The Morgan fingerprint density at radius 1 is 1.00 bits per heavy atom. The summed E-state index contributed by atoms with van der Waals surface area (Å²) in [7, 11) is 0. The molecule has 1 N–H and O–H groups in total. The molecule has 1 atom stereocenters. The van der Waals surface area contributed by atoms with Crippen LogP contribution in [-0.4, -0.2) is 88.3 Å². The lowest BCUT2D eigenvalue weighted by molar-refractivity contribution is -0.158. The maximum absolute atomic E-state index is 13.7. The van der Waals surface area contributed by atoms with Gasteiger partial charge < -0.3 is 24.5 Å². The molecule has 1 aliphatic rings. The Hall–Kier alpha value is -4.06. The van der Waals surface area contributed by atoms with E-state index in [-0.39, 0.29) is 57.2 Å². The summed E-state index contributed by atoms with van der Waals surface area (Å²) in [6, 6.07) is 10.00. The molecule has 0 bridgehead atoms. The highest BCUT2D eigenvalue weighted by Gasteiger charge is 2.31. The molecular formula is C31H43N5O7. The van der Waals surface area contributed by atoms with Crippen molar-refractivity contribution < 1.29 is 33.5 Å². The van der Waals surface area contributed by atoms with E-state index in [4.69, 9.17) is 14.3 Å². The molecule has 0 unspecified atom stereocenters. The van der Waals surface area contributed by atoms with Crippen molar-refractivity contribution in [3.8, 4) is 11.4 Å². The van der Waals surface area contributed by atoms with Gasteiger partial charge in [0.05, 0.1) is 19.7 Å². The summed E-state index contributed by atoms with van der Waals surface area (Å²) in [6.45, 7) is 12.3. The number of hydroxylamine groups is 2. The van der Waals surface area contributed by atoms with E-state index in [1.165, 1.54) is 5.06 Å². The SMILES string of the molecule is CCOC(=O)ON1CCN(C(=O)[C@H](CCC(=O)OC(C)(C)C)NC(=O)c2cc(CC(C)C)nc(-c3ccccc3)n2)CC1. The molecule has 234 valence electrons. The van der Waals surface area contributed by atoms with E-state index >= 15 is 0 Å². The predicted octanol–water partition coefficient (Wildman–Crippen LogP) is 3.79. The van der Waals surface area contributed by atoms with Crippen molar-refractivity contribution in [2.75, 3.05) is 32.8 Å². The number of hydrogen-bond donors (Lipinski definition) is 1. The quantitative estimate of drug-likeness (QED) is 0.381. The summed E-state index contributed by atoms with van der Waals surface area (Å²) >= 11 is 0. The normalized spacial score (nSPS) is 14.6. The topological polar surface area (TPSA) is 140 Å². The van der Waals surface area contributed by atoms with E-state index in [9.17, 15) is 19.2 Å². The number of nitrogens with one attached hydrogen (secondary N) is 1. The first-order chi connectivity index (χ1) is 20.3. The van der Waals surface area contributed by atoms with Gasteiger partial charge in [0.1, 0.15) is 17.3 Å². The third-order valence-corrected chi connectivity index (χ3v) is 6.34. The summed E-state index contributed by atoms with van der Waals surface area (Å²) in [5.41, 5.74) is 0.926. The summed E-state index contributed by atoms with van der Waals surface area (Å²) < 4.78 is 10.2. The number of carbonyl (C=O) groups is 4. The molecule has 1 fully saturated rings. The van der Waals surface area contributed by atoms with E-state index in [2.05, 4.69) is 29.1 Å². The molecule has 0 aliphatic carbocycles. The van der Waals surface area contributed by atoms with Crippen molar-refractivity contribution in [2.45, 2.75) is 72.4 Å². The number of benzene rings is 1. The number of esters is 1. The number of ether oxygens (including phenoxy) is 2. The lowest BCUT2D eigenvalue weighted by Crippen LogP contribution is -2.55. The number of nitrogens with zero attached hydrogens (tertiary/aromatic N) is 4. The van der Waals surface area contributed by atoms with Gasteiger partial charge >= 0.3 is 12.1 Å². The van der Waals surface area contributed by atoms with Crippen LogP contribution in [0.4, 0.5) is 4.79 Å². The first kappa shape index (κ1) is 33.4. The molecule has 2 aromatic rings. The molecule has 2 heterocycles. The Kier molecular flexibility index (Phi) is 12.0. The van der Waals surface area contributed by atoms with Crippen molar-refractivity contribution >= 4 is 23.9 Å². The van der Waals surface area contributed by atoms with Crippen molar-refractivity contribution in [3.63, 3.8) is 0 Å². The summed E-state index contributed by atoms with van der Waals surface area (Å²) in [6.07, 6.45) is -0.199. The molecule has 43 heavy (non-hydrogen) atoms. The number of carbonyl (C=O) groups excluding carboxylic acids is 4. The molecule has 1 aromatic carbocycles. The summed E-state index contributed by atoms with van der Waals surface area (Å²) in [5, 5.41) is 4.25. The number of amides is 2. The number of rotatable bonds is 11. The van der Waals surface area contributed by atoms with Gasteiger partial charge in [0.15, 0.2) is 5.82 Å². The van der Waals surface area contributed by atoms with E-state index in [0.29, 0.717) is 23.9 Å². The van der Waals surface area contributed by atoms with Gasteiger partial charge in [-0.1, -0.05) is 44.2 Å². The number of hydrogen-bond acceptors (Lipinski definition) is 10. The molecule has 12 nitrogen and oxygen atoms in total. The standard InChI is InChI=1S/C31H43N5O7/c1-7-41-30(40)43-36-17-15-35(16-18-36)29(39)24(13-14-26(37)42-31(4,5)6)34-28(38)25-20-23(19-21(2)3)32-27(33-25)22-11-9-8-10-12-22/h8-12,20-21,24H,7,13-19H2,1-6H3,(H,34,38)/t24-/m0/s1. The van der Waals surface area contributed by atoms with Gasteiger partial charge in [0, 0.05) is 30.8 Å². The maximum Gasteiger partial charge on any atom is 0.527 e. The highest BCUT2D eigenvalue weighted by molar-refractivity contribution is 5.96. The van der Waals surface area contributed by atoms with E-state index in [1.807, 2.05) is 30.3 Å². The highest BCUT2D eigenvalue weighted by Crippen LogP contribution is 2.18. The Morgan fingerprint density at radius 2 is 1.67 bits per heavy atom. The summed E-state index contributed by atoms with van der Waals surface area (Å²) in [4.78, 5) is 67.4. The van der Waals surface area contributed by atoms with Crippen LogP contribution in [0.15, 0.2) is 36.4 Å².